The molecule has 1 aromatic heterocycles. The highest BCUT2D eigenvalue weighted by Crippen LogP contribution is 2.28. The SMILES string of the molecule is CCNC(C)c1cnc(N(C)Cc2ccccc2Cl)s1. The summed E-state index contributed by atoms with van der Waals surface area (Å²) >= 11 is 7.92. The van der Waals surface area contributed by atoms with Gasteiger partial charge in [-0.2, -0.15) is 0 Å². The van der Waals surface area contributed by atoms with Gasteiger partial charge in [0.05, 0.1) is 0 Å². The molecule has 1 atom stereocenters. The number of nitrogens with one attached hydrogen (secondary N) is 1. The summed E-state index contributed by atoms with van der Waals surface area (Å²) in [6, 6.07) is 8.28. The predicted octanol–water partition coefficient (Wildman–Crippen LogP) is 4.10. The summed E-state index contributed by atoms with van der Waals surface area (Å²) in [6.45, 7) is 6.00. The van der Waals surface area contributed by atoms with E-state index in [1.807, 2.05) is 31.4 Å². The Labute approximate surface area is 129 Å². The van der Waals surface area contributed by atoms with Crippen molar-refractivity contribution >= 4 is 28.1 Å². The second kappa shape index (κ2) is 7.07. The Morgan fingerprint density at radius 2 is 2.15 bits per heavy atom. The van der Waals surface area contributed by atoms with Crippen LogP contribution in [0.15, 0.2) is 30.5 Å². The molecule has 1 heterocycles. The average molecular weight is 310 g/mol. The van der Waals surface area contributed by atoms with Crippen LogP contribution in [0.2, 0.25) is 5.02 Å². The minimum atomic E-state index is 0.347. The van der Waals surface area contributed by atoms with E-state index < -0.39 is 0 Å². The third kappa shape index (κ3) is 3.72. The molecule has 1 unspecified atom stereocenters. The fourth-order valence-corrected chi connectivity index (χ4v) is 3.11. The van der Waals surface area contributed by atoms with E-state index >= 15 is 0 Å². The van der Waals surface area contributed by atoms with E-state index in [1.165, 1.54) is 4.88 Å². The van der Waals surface area contributed by atoms with Crippen molar-refractivity contribution in [2.45, 2.75) is 26.4 Å². The van der Waals surface area contributed by atoms with E-state index in [9.17, 15) is 0 Å². The molecule has 2 aromatic rings. The number of thiazole rings is 1. The van der Waals surface area contributed by atoms with Gasteiger partial charge < -0.3 is 10.2 Å². The van der Waals surface area contributed by atoms with Crippen molar-refractivity contribution in [1.29, 1.82) is 0 Å². The number of hydrogen-bond donors (Lipinski definition) is 1. The first-order chi connectivity index (χ1) is 9.61. The molecule has 0 spiro atoms. The molecule has 1 N–H and O–H groups in total. The van der Waals surface area contributed by atoms with Crippen LogP contribution in [0.3, 0.4) is 0 Å². The largest absolute Gasteiger partial charge is 0.347 e. The van der Waals surface area contributed by atoms with Gasteiger partial charge in [0.15, 0.2) is 5.13 Å². The monoisotopic (exact) mass is 309 g/mol. The number of aromatic nitrogens is 1. The smallest absolute Gasteiger partial charge is 0.185 e. The maximum atomic E-state index is 6.20. The number of benzene rings is 1. The third-order valence-corrected chi connectivity index (χ3v) is 4.80. The van der Waals surface area contributed by atoms with Gasteiger partial charge in [-0.1, -0.05) is 36.7 Å². The Morgan fingerprint density at radius 3 is 2.85 bits per heavy atom. The minimum Gasteiger partial charge on any atom is -0.347 e. The van der Waals surface area contributed by atoms with E-state index in [0.29, 0.717) is 6.04 Å². The number of rotatable bonds is 6. The first-order valence-electron chi connectivity index (χ1n) is 6.75. The van der Waals surface area contributed by atoms with Gasteiger partial charge in [0.1, 0.15) is 0 Å². The maximum absolute atomic E-state index is 6.20. The van der Waals surface area contributed by atoms with Crippen LogP contribution in [0.5, 0.6) is 0 Å². The molecule has 0 fully saturated rings. The molecule has 0 aliphatic carbocycles. The lowest BCUT2D eigenvalue weighted by Gasteiger charge is -2.16. The van der Waals surface area contributed by atoms with Crippen molar-refractivity contribution in [1.82, 2.24) is 10.3 Å². The number of hydrogen-bond acceptors (Lipinski definition) is 4. The number of halogens is 1. The van der Waals surface area contributed by atoms with Crippen molar-refractivity contribution in [3.8, 4) is 0 Å². The van der Waals surface area contributed by atoms with Gasteiger partial charge >= 0.3 is 0 Å². The molecule has 1 aromatic carbocycles. The predicted molar refractivity (Wildman–Crippen MR) is 87.8 cm³/mol. The van der Waals surface area contributed by atoms with Crippen LogP contribution in [0.1, 0.15) is 30.3 Å². The van der Waals surface area contributed by atoms with Crippen molar-refractivity contribution in [2.75, 3.05) is 18.5 Å². The van der Waals surface area contributed by atoms with Crippen LogP contribution < -0.4 is 10.2 Å². The van der Waals surface area contributed by atoms with Gasteiger partial charge in [0.2, 0.25) is 0 Å². The molecule has 0 bridgehead atoms. The highest BCUT2D eigenvalue weighted by Gasteiger charge is 2.12. The molecule has 0 aliphatic heterocycles. The van der Waals surface area contributed by atoms with E-state index in [0.717, 1.165) is 28.8 Å². The fraction of sp³-hybridized carbons (Fsp3) is 0.400. The lowest BCUT2D eigenvalue weighted by molar-refractivity contribution is 0.606. The molecule has 5 heteroatoms. The van der Waals surface area contributed by atoms with Gasteiger partial charge in [-0.15, -0.1) is 11.3 Å². The van der Waals surface area contributed by atoms with Gasteiger partial charge in [0, 0.05) is 35.7 Å². The molecular formula is C15H20ClN3S. The van der Waals surface area contributed by atoms with Gasteiger partial charge in [0.25, 0.3) is 0 Å². The first-order valence-corrected chi connectivity index (χ1v) is 7.95. The maximum Gasteiger partial charge on any atom is 0.185 e. The number of anilines is 1. The van der Waals surface area contributed by atoms with Gasteiger partial charge in [-0.3, -0.25) is 0 Å². The van der Waals surface area contributed by atoms with Crippen LogP contribution in [0, 0.1) is 0 Å². The second-order valence-corrected chi connectivity index (χ2v) is 6.22. The highest BCUT2D eigenvalue weighted by molar-refractivity contribution is 7.15. The van der Waals surface area contributed by atoms with Crippen LogP contribution in [-0.2, 0) is 6.54 Å². The van der Waals surface area contributed by atoms with E-state index in [-0.39, 0.29) is 0 Å². The Kier molecular flexibility index (Phi) is 5.40. The standard InChI is InChI=1S/C15H20ClN3S/c1-4-17-11(2)14-9-18-15(20-14)19(3)10-12-7-5-6-8-13(12)16/h5-9,11,17H,4,10H2,1-3H3. The van der Waals surface area contributed by atoms with Crippen molar-refractivity contribution in [2.24, 2.45) is 0 Å². The van der Waals surface area contributed by atoms with Gasteiger partial charge in [-0.05, 0) is 25.1 Å². The normalized spacial score (nSPS) is 12.4. The summed E-state index contributed by atoms with van der Waals surface area (Å²) in [7, 11) is 2.05. The quantitative estimate of drug-likeness (QED) is 0.870. The second-order valence-electron chi connectivity index (χ2n) is 4.77. The van der Waals surface area contributed by atoms with E-state index in [2.05, 4.69) is 35.1 Å². The zero-order valence-corrected chi connectivity index (χ0v) is 13.6. The molecule has 0 saturated carbocycles. The highest BCUT2D eigenvalue weighted by atomic mass is 35.5. The average Bonchev–Trinajstić information content (AvgIpc) is 2.91. The zero-order valence-electron chi connectivity index (χ0n) is 12.1. The molecule has 108 valence electrons. The Morgan fingerprint density at radius 1 is 1.40 bits per heavy atom. The summed E-state index contributed by atoms with van der Waals surface area (Å²) in [5.41, 5.74) is 1.12. The van der Waals surface area contributed by atoms with Crippen LogP contribution >= 0.6 is 22.9 Å². The van der Waals surface area contributed by atoms with Gasteiger partial charge in [-0.25, -0.2) is 4.98 Å². The Hall–Kier alpha value is -1.10. The third-order valence-electron chi connectivity index (χ3n) is 3.14. The summed E-state index contributed by atoms with van der Waals surface area (Å²) in [4.78, 5) is 7.90. The molecule has 2 rings (SSSR count). The summed E-state index contributed by atoms with van der Waals surface area (Å²) in [5.74, 6) is 0. The molecule has 0 saturated heterocycles. The molecule has 20 heavy (non-hydrogen) atoms. The molecule has 0 aliphatic rings. The first kappa shape index (κ1) is 15.3. The zero-order chi connectivity index (χ0) is 14.5. The summed E-state index contributed by atoms with van der Waals surface area (Å²) < 4.78 is 0. The van der Waals surface area contributed by atoms with Crippen LogP contribution in [-0.4, -0.2) is 18.6 Å². The molecular weight excluding hydrogens is 290 g/mol. The Bertz CT molecular complexity index is 556. The summed E-state index contributed by atoms with van der Waals surface area (Å²) in [6.07, 6.45) is 1.95. The Balaban J connectivity index is 2.06. The molecule has 3 nitrogen and oxygen atoms in total. The minimum absolute atomic E-state index is 0.347. The van der Waals surface area contributed by atoms with E-state index in [4.69, 9.17) is 11.6 Å². The molecule has 0 amide bonds. The fourth-order valence-electron chi connectivity index (χ4n) is 2.01. The van der Waals surface area contributed by atoms with Crippen molar-refractivity contribution in [3.05, 3.63) is 45.9 Å². The molecule has 0 radical (unpaired) electrons. The van der Waals surface area contributed by atoms with Crippen molar-refractivity contribution < 1.29 is 0 Å². The van der Waals surface area contributed by atoms with E-state index in [1.54, 1.807) is 11.3 Å². The lowest BCUT2D eigenvalue weighted by atomic mass is 10.2. The van der Waals surface area contributed by atoms with Crippen LogP contribution in [0.4, 0.5) is 5.13 Å². The lowest BCUT2D eigenvalue weighted by Crippen LogP contribution is -2.17. The number of nitrogens with zero attached hydrogens (tertiary/aromatic N) is 2. The van der Waals surface area contributed by atoms with Crippen molar-refractivity contribution in [3.63, 3.8) is 0 Å². The topological polar surface area (TPSA) is 28.2 Å². The van der Waals surface area contributed by atoms with Crippen LogP contribution in [0.25, 0.3) is 0 Å². The summed E-state index contributed by atoms with van der Waals surface area (Å²) in [5, 5.41) is 5.22.